The Balaban J connectivity index is 1.86. The molecule has 25 heavy (non-hydrogen) atoms. The Labute approximate surface area is 144 Å². The Bertz CT molecular complexity index is 754. The smallest absolute Gasteiger partial charge is 0.323 e. The van der Waals surface area contributed by atoms with Gasteiger partial charge in [-0.2, -0.15) is 0 Å². The van der Waals surface area contributed by atoms with Gasteiger partial charge in [-0.05, 0) is 43.2 Å². The summed E-state index contributed by atoms with van der Waals surface area (Å²) in [6.45, 7) is 0.550. The molecule has 1 N–H and O–H groups in total. The van der Waals surface area contributed by atoms with Gasteiger partial charge in [0.1, 0.15) is 12.4 Å². The van der Waals surface area contributed by atoms with Gasteiger partial charge < -0.3 is 19.3 Å². The van der Waals surface area contributed by atoms with Crippen molar-refractivity contribution >= 4 is 11.9 Å². The van der Waals surface area contributed by atoms with E-state index in [1.54, 1.807) is 29.1 Å². The first-order valence-corrected chi connectivity index (χ1v) is 8.09. The first-order chi connectivity index (χ1) is 12.1. The number of nitrogens with zero attached hydrogens (tertiary/aromatic N) is 2. The fourth-order valence-electron chi connectivity index (χ4n) is 3.02. The molecule has 1 aromatic heterocycles. The van der Waals surface area contributed by atoms with E-state index in [-0.39, 0.29) is 11.6 Å². The SMILES string of the molecule is O=C(O)CN(C(=O)c1ccc(-n2cccc2)c(F)c1)C1CCOCC1. The summed E-state index contributed by atoms with van der Waals surface area (Å²) in [5, 5.41) is 9.13. The molecule has 132 valence electrons. The van der Waals surface area contributed by atoms with E-state index in [0.717, 1.165) is 6.07 Å². The van der Waals surface area contributed by atoms with Gasteiger partial charge in [-0.1, -0.05) is 0 Å². The molecule has 6 nitrogen and oxygen atoms in total. The molecular weight excluding hydrogens is 327 g/mol. The summed E-state index contributed by atoms with van der Waals surface area (Å²) in [6, 6.07) is 7.53. The molecule has 0 bridgehead atoms. The molecule has 1 aliphatic rings. The summed E-state index contributed by atoms with van der Waals surface area (Å²) in [4.78, 5) is 25.2. The van der Waals surface area contributed by atoms with E-state index in [1.165, 1.54) is 17.0 Å². The second-order valence-electron chi connectivity index (χ2n) is 5.93. The highest BCUT2D eigenvalue weighted by atomic mass is 19.1. The van der Waals surface area contributed by atoms with Crippen molar-refractivity contribution < 1.29 is 23.8 Å². The van der Waals surface area contributed by atoms with Crippen molar-refractivity contribution in [3.8, 4) is 5.69 Å². The fourth-order valence-corrected chi connectivity index (χ4v) is 3.02. The van der Waals surface area contributed by atoms with Crippen LogP contribution in [0.4, 0.5) is 4.39 Å². The summed E-state index contributed by atoms with van der Waals surface area (Å²) in [6.07, 6.45) is 4.56. The van der Waals surface area contributed by atoms with E-state index in [2.05, 4.69) is 0 Å². The first kappa shape index (κ1) is 17.2. The number of hydrogen-bond donors (Lipinski definition) is 1. The van der Waals surface area contributed by atoms with Crippen LogP contribution < -0.4 is 0 Å². The minimum atomic E-state index is -1.09. The highest BCUT2D eigenvalue weighted by molar-refractivity contribution is 5.96. The lowest BCUT2D eigenvalue weighted by Gasteiger charge is -2.33. The number of aliphatic carboxylic acids is 1. The van der Waals surface area contributed by atoms with Crippen LogP contribution in [0.3, 0.4) is 0 Å². The number of amides is 1. The average molecular weight is 346 g/mol. The first-order valence-electron chi connectivity index (χ1n) is 8.09. The van der Waals surface area contributed by atoms with Gasteiger partial charge in [0.15, 0.2) is 0 Å². The molecule has 1 amide bonds. The molecule has 1 saturated heterocycles. The highest BCUT2D eigenvalue weighted by Gasteiger charge is 2.28. The quantitative estimate of drug-likeness (QED) is 0.902. The molecule has 1 fully saturated rings. The van der Waals surface area contributed by atoms with Crippen molar-refractivity contribution in [2.75, 3.05) is 19.8 Å². The Hall–Kier alpha value is -2.67. The Morgan fingerprint density at radius 1 is 1.24 bits per heavy atom. The minimum Gasteiger partial charge on any atom is -0.480 e. The van der Waals surface area contributed by atoms with E-state index in [1.807, 2.05) is 0 Å². The summed E-state index contributed by atoms with van der Waals surface area (Å²) >= 11 is 0. The molecule has 0 radical (unpaired) electrons. The van der Waals surface area contributed by atoms with Gasteiger partial charge in [0.05, 0.1) is 5.69 Å². The van der Waals surface area contributed by atoms with Gasteiger partial charge in [0.2, 0.25) is 0 Å². The second-order valence-corrected chi connectivity index (χ2v) is 5.93. The van der Waals surface area contributed by atoms with Crippen LogP contribution >= 0.6 is 0 Å². The number of ether oxygens (including phenoxy) is 1. The zero-order valence-corrected chi connectivity index (χ0v) is 13.6. The van der Waals surface area contributed by atoms with Crippen LogP contribution in [0.25, 0.3) is 5.69 Å². The van der Waals surface area contributed by atoms with Crippen LogP contribution in [0.2, 0.25) is 0 Å². The van der Waals surface area contributed by atoms with E-state index < -0.39 is 24.2 Å². The van der Waals surface area contributed by atoms with Crippen LogP contribution in [0.1, 0.15) is 23.2 Å². The molecular formula is C18H19FN2O4. The predicted molar refractivity (Wildman–Crippen MR) is 88.2 cm³/mol. The van der Waals surface area contributed by atoms with Crippen molar-refractivity contribution in [2.45, 2.75) is 18.9 Å². The maximum Gasteiger partial charge on any atom is 0.323 e. The number of halogens is 1. The number of carbonyl (C=O) groups excluding carboxylic acids is 1. The molecule has 0 aliphatic carbocycles. The maximum absolute atomic E-state index is 14.4. The summed E-state index contributed by atoms with van der Waals surface area (Å²) in [7, 11) is 0. The highest BCUT2D eigenvalue weighted by Crippen LogP contribution is 2.20. The number of benzene rings is 1. The second kappa shape index (κ2) is 7.48. The van der Waals surface area contributed by atoms with Gasteiger partial charge in [-0.3, -0.25) is 9.59 Å². The number of carboxylic acid groups (broad SMARTS) is 1. The number of aromatic nitrogens is 1. The van der Waals surface area contributed by atoms with E-state index in [0.29, 0.717) is 31.7 Å². The molecule has 2 aromatic rings. The molecule has 0 spiro atoms. The van der Waals surface area contributed by atoms with Crippen LogP contribution in [0.15, 0.2) is 42.7 Å². The lowest BCUT2D eigenvalue weighted by atomic mass is 10.0. The summed E-state index contributed by atoms with van der Waals surface area (Å²) < 4.78 is 21.3. The molecule has 0 saturated carbocycles. The zero-order chi connectivity index (χ0) is 17.8. The Morgan fingerprint density at radius 2 is 1.92 bits per heavy atom. The standard InChI is InChI=1S/C18H19FN2O4/c19-15-11-13(3-4-16(15)20-7-1-2-8-20)18(24)21(12-17(22)23)14-5-9-25-10-6-14/h1-4,7-8,11,14H,5-6,9-10,12H2,(H,22,23). The predicted octanol–water partition coefficient (Wildman–Crippen LogP) is 2.32. The van der Waals surface area contributed by atoms with Gasteiger partial charge in [-0.25, -0.2) is 4.39 Å². The van der Waals surface area contributed by atoms with Gasteiger partial charge >= 0.3 is 5.97 Å². The molecule has 0 atom stereocenters. The fraction of sp³-hybridized carbons (Fsp3) is 0.333. The molecule has 2 heterocycles. The third-order valence-corrected chi connectivity index (χ3v) is 4.28. The number of carbonyl (C=O) groups is 2. The van der Waals surface area contributed by atoms with Crippen LogP contribution in [0.5, 0.6) is 0 Å². The molecule has 1 aliphatic heterocycles. The topological polar surface area (TPSA) is 71.8 Å². The van der Waals surface area contributed by atoms with E-state index in [4.69, 9.17) is 9.84 Å². The van der Waals surface area contributed by atoms with Crippen molar-refractivity contribution in [3.63, 3.8) is 0 Å². The van der Waals surface area contributed by atoms with Gasteiger partial charge in [0.25, 0.3) is 5.91 Å². The molecule has 3 rings (SSSR count). The van der Waals surface area contributed by atoms with E-state index >= 15 is 0 Å². The van der Waals surface area contributed by atoms with Gasteiger partial charge in [-0.15, -0.1) is 0 Å². The van der Waals surface area contributed by atoms with Crippen LogP contribution in [-0.4, -0.2) is 52.3 Å². The normalized spacial score (nSPS) is 15.1. The lowest BCUT2D eigenvalue weighted by Crippen LogP contribution is -2.46. The minimum absolute atomic E-state index is 0.140. The maximum atomic E-state index is 14.4. The third kappa shape index (κ3) is 3.88. The summed E-state index contributed by atoms with van der Waals surface area (Å²) in [5.74, 6) is -2.11. The molecule has 7 heteroatoms. The largest absolute Gasteiger partial charge is 0.480 e. The zero-order valence-electron chi connectivity index (χ0n) is 13.6. The number of hydrogen-bond acceptors (Lipinski definition) is 3. The van der Waals surface area contributed by atoms with Crippen LogP contribution in [0, 0.1) is 5.82 Å². The van der Waals surface area contributed by atoms with Crippen molar-refractivity contribution in [3.05, 3.63) is 54.1 Å². The average Bonchev–Trinajstić information content (AvgIpc) is 3.14. The molecule has 0 unspecified atom stereocenters. The van der Waals surface area contributed by atoms with Crippen molar-refractivity contribution in [2.24, 2.45) is 0 Å². The third-order valence-electron chi connectivity index (χ3n) is 4.28. The van der Waals surface area contributed by atoms with Gasteiger partial charge in [0, 0.05) is 37.2 Å². The van der Waals surface area contributed by atoms with Crippen molar-refractivity contribution in [1.82, 2.24) is 9.47 Å². The lowest BCUT2D eigenvalue weighted by molar-refractivity contribution is -0.138. The monoisotopic (exact) mass is 346 g/mol. The summed E-state index contributed by atoms with van der Waals surface area (Å²) in [5.41, 5.74) is 0.471. The Kier molecular flexibility index (Phi) is 5.14. The van der Waals surface area contributed by atoms with Crippen LogP contribution in [-0.2, 0) is 9.53 Å². The van der Waals surface area contributed by atoms with E-state index in [9.17, 15) is 14.0 Å². The number of rotatable bonds is 5. The van der Waals surface area contributed by atoms with Crippen molar-refractivity contribution in [1.29, 1.82) is 0 Å². The Morgan fingerprint density at radius 3 is 2.52 bits per heavy atom. The molecule has 1 aromatic carbocycles. The number of carboxylic acids is 1.